The third-order valence-electron chi connectivity index (χ3n) is 3.06. The fourth-order valence-electron chi connectivity index (χ4n) is 2.01. The van der Waals surface area contributed by atoms with Gasteiger partial charge in [0.05, 0.1) is 6.54 Å². The molecule has 0 spiro atoms. The summed E-state index contributed by atoms with van der Waals surface area (Å²) in [6.45, 7) is 4.33. The van der Waals surface area contributed by atoms with Crippen LogP contribution in [0.15, 0.2) is 67.3 Å². The predicted octanol–water partition coefficient (Wildman–Crippen LogP) is 3.33. The van der Waals surface area contributed by atoms with E-state index in [1.165, 1.54) is 0 Å². The number of anilines is 2. The monoisotopic (exact) mass is 296 g/mol. The van der Waals surface area contributed by atoms with Gasteiger partial charge in [-0.25, -0.2) is 0 Å². The Morgan fingerprint density at radius 1 is 1.23 bits per heavy atom. The second-order valence-corrected chi connectivity index (χ2v) is 4.87. The van der Waals surface area contributed by atoms with Crippen molar-refractivity contribution in [2.45, 2.75) is 0 Å². The van der Waals surface area contributed by atoms with Crippen LogP contribution in [-0.2, 0) is 4.79 Å². The first-order valence-electron chi connectivity index (χ1n) is 7.09. The van der Waals surface area contributed by atoms with Crippen molar-refractivity contribution in [3.63, 3.8) is 0 Å². The molecule has 0 bridgehead atoms. The molecule has 0 aliphatic heterocycles. The van der Waals surface area contributed by atoms with Crippen LogP contribution in [0.5, 0.6) is 5.75 Å². The van der Waals surface area contributed by atoms with Crippen LogP contribution in [0, 0.1) is 0 Å². The van der Waals surface area contributed by atoms with E-state index >= 15 is 0 Å². The number of benzene rings is 2. The van der Waals surface area contributed by atoms with E-state index in [0.717, 1.165) is 5.69 Å². The van der Waals surface area contributed by atoms with Crippen LogP contribution in [0.25, 0.3) is 0 Å². The summed E-state index contributed by atoms with van der Waals surface area (Å²) in [5, 5.41) is 2.87. The van der Waals surface area contributed by atoms with Crippen molar-refractivity contribution in [2.75, 3.05) is 30.4 Å². The molecule has 2 rings (SSSR count). The number of ether oxygens (including phenoxy) is 1. The van der Waals surface area contributed by atoms with Gasteiger partial charge in [0, 0.05) is 24.5 Å². The second kappa shape index (κ2) is 7.88. The maximum absolute atomic E-state index is 12.1. The maximum atomic E-state index is 12.1. The van der Waals surface area contributed by atoms with Crippen LogP contribution in [0.3, 0.4) is 0 Å². The Balaban J connectivity index is 1.93. The largest absolute Gasteiger partial charge is 0.489 e. The van der Waals surface area contributed by atoms with Gasteiger partial charge in [-0.15, -0.1) is 0 Å². The van der Waals surface area contributed by atoms with Crippen molar-refractivity contribution in [2.24, 2.45) is 0 Å². The Bertz CT molecular complexity index is 626. The van der Waals surface area contributed by atoms with Gasteiger partial charge in [-0.2, -0.15) is 0 Å². The topological polar surface area (TPSA) is 41.6 Å². The highest BCUT2D eigenvalue weighted by Gasteiger charge is 2.08. The number of carbonyl (C=O) groups is 1. The summed E-state index contributed by atoms with van der Waals surface area (Å²) in [4.78, 5) is 14.0. The molecular weight excluding hydrogens is 276 g/mol. The molecule has 4 nitrogen and oxygen atoms in total. The molecule has 22 heavy (non-hydrogen) atoms. The normalized spacial score (nSPS) is 9.86. The SMILES string of the molecule is C=CCOc1cccc(NC(=O)CN(C)c2ccccc2)c1. The van der Waals surface area contributed by atoms with Crippen LogP contribution in [0.4, 0.5) is 11.4 Å². The molecule has 1 amide bonds. The van der Waals surface area contributed by atoms with E-state index in [1.807, 2.05) is 60.5 Å². The smallest absolute Gasteiger partial charge is 0.243 e. The molecule has 114 valence electrons. The van der Waals surface area contributed by atoms with Gasteiger partial charge in [-0.3, -0.25) is 4.79 Å². The molecule has 2 aromatic carbocycles. The highest BCUT2D eigenvalue weighted by Crippen LogP contribution is 2.17. The van der Waals surface area contributed by atoms with Gasteiger partial charge in [-0.05, 0) is 24.3 Å². The van der Waals surface area contributed by atoms with Crippen LogP contribution in [0.2, 0.25) is 0 Å². The van der Waals surface area contributed by atoms with Gasteiger partial charge in [0.2, 0.25) is 5.91 Å². The number of hydrogen-bond acceptors (Lipinski definition) is 3. The number of amides is 1. The number of nitrogens with one attached hydrogen (secondary N) is 1. The molecule has 0 aliphatic carbocycles. The fraction of sp³-hybridized carbons (Fsp3) is 0.167. The average molecular weight is 296 g/mol. The summed E-state index contributed by atoms with van der Waals surface area (Å²) in [6, 6.07) is 17.1. The van der Waals surface area contributed by atoms with E-state index in [2.05, 4.69) is 11.9 Å². The van der Waals surface area contributed by atoms with Crippen molar-refractivity contribution in [3.8, 4) is 5.75 Å². The van der Waals surface area contributed by atoms with Gasteiger partial charge >= 0.3 is 0 Å². The predicted molar refractivity (Wildman–Crippen MR) is 90.5 cm³/mol. The standard InChI is InChI=1S/C18H20N2O2/c1-3-12-22-17-11-7-8-15(13-17)19-18(21)14-20(2)16-9-5-4-6-10-16/h3-11,13H,1,12,14H2,2H3,(H,19,21). The first kappa shape index (κ1) is 15.6. The summed E-state index contributed by atoms with van der Waals surface area (Å²) >= 11 is 0. The molecule has 4 heteroatoms. The number of likely N-dealkylation sites (N-methyl/N-ethyl adjacent to an activating group) is 1. The molecule has 0 aliphatic rings. The average Bonchev–Trinajstić information content (AvgIpc) is 2.54. The Morgan fingerprint density at radius 3 is 2.73 bits per heavy atom. The highest BCUT2D eigenvalue weighted by molar-refractivity contribution is 5.94. The second-order valence-electron chi connectivity index (χ2n) is 4.87. The minimum Gasteiger partial charge on any atom is -0.489 e. The zero-order chi connectivity index (χ0) is 15.8. The number of rotatable bonds is 7. The Labute approximate surface area is 131 Å². The van der Waals surface area contributed by atoms with E-state index in [-0.39, 0.29) is 12.5 Å². The van der Waals surface area contributed by atoms with Crippen LogP contribution >= 0.6 is 0 Å². The Kier molecular flexibility index (Phi) is 5.60. The zero-order valence-corrected chi connectivity index (χ0v) is 12.7. The molecule has 1 N–H and O–H groups in total. The number of nitrogens with zero attached hydrogens (tertiary/aromatic N) is 1. The van der Waals surface area contributed by atoms with Crippen molar-refractivity contribution < 1.29 is 9.53 Å². The van der Waals surface area contributed by atoms with Crippen molar-refractivity contribution >= 4 is 17.3 Å². The number of para-hydroxylation sites is 1. The summed E-state index contributed by atoms with van der Waals surface area (Å²) in [5.74, 6) is 0.626. The first-order valence-corrected chi connectivity index (χ1v) is 7.09. The molecule has 0 radical (unpaired) electrons. The van der Waals surface area contributed by atoms with Gasteiger partial charge in [-0.1, -0.05) is 36.9 Å². The lowest BCUT2D eigenvalue weighted by Crippen LogP contribution is -2.29. The third-order valence-corrected chi connectivity index (χ3v) is 3.06. The van der Waals surface area contributed by atoms with Gasteiger partial charge in [0.25, 0.3) is 0 Å². The Hall–Kier alpha value is -2.75. The van der Waals surface area contributed by atoms with E-state index in [0.29, 0.717) is 18.0 Å². The van der Waals surface area contributed by atoms with E-state index < -0.39 is 0 Å². The van der Waals surface area contributed by atoms with Gasteiger partial charge < -0.3 is 15.0 Å². The highest BCUT2D eigenvalue weighted by atomic mass is 16.5. The summed E-state index contributed by atoms with van der Waals surface area (Å²) in [5.41, 5.74) is 1.72. The molecule has 0 aromatic heterocycles. The zero-order valence-electron chi connectivity index (χ0n) is 12.7. The minimum atomic E-state index is -0.0766. The lowest BCUT2D eigenvalue weighted by Gasteiger charge is -2.18. The lowest BCUT2D eigenvalue weighted by molar-refractivity contribution is -0.114. The molecule has 2 aromatic rings. The van der Waals surface area contributed by atoms with Crippen LogP contribution < -0.4 is 15.0 Å². The molecule has 0 saturated carbocycles. The van der Waals surface area contributed by atoms with Gasteiger partial charge in [0.1, 0.15) is 12.4 Å². The third kappa shape index (κ3) is 4.66. The van der Waals surface area contributed by atoms with Crippen LogP contribution in [-0.4, -0.2) is 26.1 Å². The van der Waals surface area contributed by atoms with Gasteiger partial charge in [0.15, 0.2) is 0 Å². The number of hydrogen-bond donors (Lipinski definition) is 1. The molecule has 0 atom stereocenters. The van der Waals surface area contributed by atoms with E-state index in [4.69, 9.17) is 4.74 Å². The molecule has 0 unspecified atom stereocenters. The van der Waals surface area contributed by atoms with Crippen molar-refractivity contribution in [1.29, 1.82) is 0 Å². The maximum Gasteiger partial charge on any atom is 0.243 e. The van der Waals surface area contributed by atoms with Crippen molar-refractivity contribution in [1.82, 2.24) is 0 Å². The lowest BCUT2D eigenvalue weighted by atomic mass is 10.3. The quantitative estimate of drug-likeness (QED) is 0.797. The Morgan fingerprint density at radius 2 is 2.00 bits per heavy atom. The van der Waals surface area contributed by atoms with E-state index in [1.54, 1.807) is 12.1 Å². The minimum absolute atomic E-state index is 0.0766. The fourth-order valence-corrected chi connectivity index (χ4v) is 2.01. The first-order chi connectivity index (χ1) is 10.7. The van der Waals surface area contributed by atoms with Crippen molar-refractivity contribution in [3.05, 3.63) is 67.3 Å². The van der Waals surface area contributed by atoms with E-state index in [9.17, 15) is 4.79 Å². The van der Waals surface area contributed by atoms with Crippen LogP contribution in [0.1, 0.15) is 0 Å². The summed E-state index contributed by atoms with van der Waals surface area (Å²) < 4.78 is 5.45. The summed E-state index contributed by atoms with van der Waals surface area (Å²) in [7, 11) is 1.89. The molecule has 0 saturated heterocycles. The molecule has 0 fully saturated rings. The molecule has 0 heterocycles. The molecular formula is C18H20N2O2. The summed E-state index contributed by atoms with van der Waals surface area (Å²) in [6.07, 6.45) is 1.68. The number of carbonyl (C=O) groups excluding carboxylic acids is 1.